The lowest BCUT2D eigenvalue weighted by molar-refractivity contribution is -0.273. The van der Waals surface area contributed by atoms with Crippen LogP contribution in [0.25, 0.3) is 0 Å². The summed E-state index contributed by atoms with van der Waals surface area (Å²) in [7, 11) is 0. The van der Waals surface area contributed by atoms with Gasteiger partial charge in [0.05, 0.1) is 12.0 Å². The first kappa shape index (κ1) is 19.6. The van der Waals surface area contributed by atoms with Crippen LogP contribution in [0.3, 0.4) is 0 Å². The summed E-state index contributed by atoms with van der Waals surface area (Å²) in [4.78, 5) is 37.5. The normalized spacial score (nSPS) is 10.2. The fourth-order valence-electron chi connectivity index (χ4n) is 1.24. The molecular formula is C14H18O8. The molecule has 0 atom stereocenters. The SMILES string of the molecule is C=CC(=O)OCC(COO)(COC(=O)C=C)COC(=O)C=C. The van der Waals surface area contributed by atoms with Crippen molar-refractivity contribution in [3.05, 3.63) is 38.0 Å². The summed E-state index contributed by atoms with van der Waals surface area (Å²) in [5.41, 5.74) is -1.30. The van der Waals surface area contributed by atoms with E-state index < -0.39 is 29.9 Å². The van der Waals surface area contributed by atoms with E-state index in [0.29, 0.717) is 0 Å². The fourth-order valence-corrected chi connectivity index (χ4v) is 1.24. The molecule has 0 saturated carbocycles. The highest BCUT2D eigenvalue weighted by Crippen LogP contribution is 2.21. The van der Waals surface area contributed by atoms with E-state index >= 15 is 0 Å². The van der Waals surface area contributed by atoms with Gasteiger partial charge >= 0.3 is 17.9 Å². The zero-order chi connectivity index (χ0) is 17.0. The molecule has 0 saturated heterocycles. The van der Waals surface area contributed by atoms with E-state index in [1.165, 1.54) is 0 Å². The molecule has 1 N–H and O–H groups in total. The Kier molecular flexibility index (Phi) is 9.15. The first-order chi connectivity index (χ1) is 10.4. The quantitative estimate of drug-likeness (QED) is 0.195. The van der Waals surface area contributed by atoms with E-state index in [-0.39, 0.29) is 19.8 Å². The summed E-state index contributed by atoms with van der Waals surface area (Å²) < 4.78 is 14.6. The van der Waals surface area contributed by atoms with Crippen LogP contribution in [0.4, 0.5) is 0 Å². The van der Waals surface area contributed by atoms with E-state index in [2.05, 4.69) is 24.6 Å². The molecule has 0 unspecified atom stereocenters. The van der Waals surface area contributed by atoms with Crippen molar-refractivity contribution in [2.75, 3.05) is 26.4 Å². The molecule has 8 nitrogen and oxygen atoms in total. The zero-order valence-corrected chi connectivity index (χ0v) is 12.0. The van der Waals surface area contributed by atoms with E-state index in [0.717, 1.165) is 18.2 Å². The molecule has 0 aliphatic carbocycles. The molecule has 0 bridgehead atoms. The molecule has 0 aliphatic rings. The zero-order valence-electron chi connectivity index (χ0n) is 12.0. The topological polar surface area (TPSA) is 108 Å². The summed E-state index contributed by atoms with van der Waals surface area (Å²) in [5.74, 6) is -2.23. The van der Waals surface area contributed by atoms with Crippen LogP contribution in [-0.2, 0) is 33.5 Å². The number of carbonyl (C=O) groups is 3. The Bertz CT molecular complexity index is 380. The Morgan fingerprint density at radius 2 is 1.09 bits per heavy atom. The predicted octanol–water partition coefficient (Wildman–Crippen LogP) is 0.650. The first-order valence-corrected chi connectivity index (χ1v) is 6.07. The van der Waals surface area contributed by atoms with Crippen molar-refractivity contribution >= 4 is 17.9 Å². The second-order valence-electron chi connectivity index (χ2n) is 4.21. The van der Waals surface area contributed by atoms with Crippen molar-refractivity contribution in [1.29, 1.82) is 0 Å². The predicted molar refractivity (Wildman–Crippen MR) is 74.5 cm³/mol. The molecule has 0 aromatic rings. The number of ether oxygens (including phenoxy) is 3. The molecule has 0 spiro atoms. The van der Waals surface area contributed by atoms with Crippen molar-refractivity contribution in [3.63, 3.8) is 0 Å². The van der Waals surface area contributed by atoms with Crippen LogP contribution < -0.4 is 0 Å². The Labute approximate surface area is 127 Å². The highest BCUT2D eigenvalue weighted by Gasteiger charge is 2.36. The van der Waals surface area contributed by atoms with Crippen LogP contribution in [-0.4, -0.2) is 49.6 Å². The first-order valence-electron chi connectivity index (χ1n) is 6.07. The van der Waals surface area contributed by atoms with Gasteiger partial charge in [0.1, 0.15) is 19.8 Å². The summed E-state index contributed by atoms with van der Waals surface area (Å²) in [6, 6.07) is 0. The summed E-state index contributed by atoms with van der Waals surface area (Å²) in [6.45, 7) is 8.20. The highest BCUT2D eigenvalue weighted by molar-refractivity contribution is 5.82. The third-order valence-electron chi connectivity index (χ3n) is 2.43. The summed E-state index contributed by atoms with van der Waals surface area (Å²) >= 11 is 0. The number of esters is 3. The van der Waals surface area contributed by atoms with Crippen molar-refractivity contribution in [2.45, 2.75) is 0 Å². The van der Waals surface area contributed by atoms with Crippen LogP contribution >= 0.6 is 0 Å². The largest absolute Gasteiger partial charge is 0.462 e. The van der Waals surface area contributed by atoms with Crippen LogP contribution in [0.1, 0.15) is 0 Å². The van der Waals surface area contributed by atoms with Gasteiger partial charge in [0.2, 0.25) is 0 Å². The lowest BCUT2D eigenvalue weighted by atomic mass is 9.92. The van der Waals surface area contributed by atoms with Gasteiger partial charge in [-0.3, -0.25) is 5.26 Å². The second-order valence-corrected chi connectivity index (χ2v) is 4.21. The van der Waals surface area contributed by atoms with E-state index in [9.17, 15) is 14.4 Å². The molecular weight excluding hydrogens is 296 g/mol. The van der Waals surface area contributed by atoms with Gasteiger partial charge in [0, 0.05) is 18.2 Å². The molecule has 122 valence electrons. The van der Waals surface area contributed by atoms with Gasteiger partial charge in [-0.1, -0.05) is 19.7 Å². The molecule has 0 rings (SSSR count). The van der Waals surface area contributed by atoms with Crippen LogP contribution in [0.5, 0.6) is 0 Å². The van der Waals surface area contributed by atoms with Gasteiger partial charge in [-0.25, -0.2) is 19.3 Å². The standard InChI is InChI=1S/C14H18O8/c1-4-11(15)19-7-14(10-22-18,8-20-12(16)5-2)9-21-13(17)6-3/h4-6,18H,1-3,7-10H2. The molecule has 0 radical (unpaired) electrons. The molecule has 0 fully saturated rings. The van der Waals surface area contributed by atoms with E-state index in [4.69, 9.17) is 19.5 Å². The van der Waals surface area contributed by atoms with Gasteiger partial charge < -0.3 is 14.2 Å². The Hall–Kier alpha value is -2.45. The third-order valence-corrected chi connectivity index (χ3v) is 2.43. The lowest BCUT2D eigenvalue weighted by Crippen LogP contribution is -2.43. The maximum atomic E-state index is 11.2. The molecule has 0 aliphatic heterocycles. The number of rotatable bonds is 11. The minimum Gasteiger partial charge on any atom is -0.462 e. The number of carbonyl (C=O) groups excluding carboxylic acids is 3. The molecule has 0 aromatic heterocycles. The number of hydrogen-bond acceptors (Lipinski definition) is 8. The smallest absolute Gasteiger partial charge is 0.330 e. The van der Waals surface area contributed by atoms with Crippen molar-refractivity contribution in [2.24, 2.45) is 5.41 Å². The average molecular weight is 314 g/mol. The van der Waals surface area contributed by atoms with Gasteiger partial charge in [-0.05, 0) is 0 Å². The number of hydrogen-bond donors (Lipinski definition) is 1. The lowest BCUT2D eigenvalue weighted by Gasteiger charge is -2.30. The molecule has 0 amide bonds. The summed E-state index contributed by atoms with van der Waals surface area (Å²) in [6.07, 6.45) is 2.78. The molecule has 0 aromatic carbocycles. The van der Waals surface area contributed by atoms with Gasteiger partial charge in [-0.15, -0.1) is 0 Å². The Morgan fingerprint density at radius 3 is 1.32 bits per heavy atom. The van der Waals surface area contributed by atoms with Crippen molar-refractivity contribution in [1.82, 2.24) is 0 Å². The van der Waals surface area contributed by atoms with Gasteiger partial charge in [-0.2, -0.15) is 0 Å². The second kappa shape index (κ2) is 10.3. The van der Waals surface area contributed by atoms with Gasteiger partial charge in [0.15, 0.2) is 0 Å². The van der Waals surface area contributed by atoms with Crippen LogP contribution in [0, 0.1) is 5.41 Å². The molecule has 8 heteroatoms. The highest BCUT2D eigenvalue weighted by atomic mass is 17.1. The summed E-state index contributed by atoms with van der Waals surface area (Å²) in [5, 5.41) is 8.69. The third kappa shape index (κ3) is 7.36. The molecule has 22 heavy (non-hydrogen) atoms. The monoisotopic (exact) mass is 314 g/mol. The van der Waals surface area contributed by atoms with E-state index in [1.54, 1.807) is 0 Å². The average Bonchev–Trinajstić information content (AvgIpc) is 2.54. The Balaban J connectivity index is 5.03. The minimum atomic E-state index is -1.30. The maximum absolute atomic E-state index is 11.2. The fraction of sp³-hybridized carbons (Fsp3) is 0.357. The minimum absolute atomic E-state index is 0.354. The van der Waals surface area contributed by atoms with Gasteiger partial charge in [0.25, 0.3) is 0 Å². The van der Waals surface area contributed by atoms with Crippen molar-refractivity contribution in [3.8, 4) is 0 Å². The van der Waals surface area contributed by atoms with Crippen LogP contribution in [0.2, 0.25) is 0 Å². The maximum Gasteiger partial charge on any atom is 0.330 e. The van der Waals surface area contributed by atoms with Crippen molar-refractivity contribution < 1.29 is 38.7 Å². The molecule has 0 heterocycles. The van der Waals surface area contributed by atoms with E-state index in [1.807, 2.05) is 0 Å². The Morgan fingerprint density at radius 1 is 0.773 bits per heavy atom. The van der Waals surface area contributed by atoms with Crippen LogP contribution in [0.15, 0.2) is 38.0 Å².